The van der Waals surface area contributed by atoms with Crippen LogP contribution < -0.4 is 10.6 Å². The first-order valence-corrected chi connectivity index (χ1v) is 12.4. The molecule has 34 heavy (non-hydrogen) atoms. The molecule has 9 heteroatoms. The number of pyridine rings is 2. The van der Waals surface area contributed by atoms with Crippen LogP contribution in [0.15, 0.2) is 42.9 Å². The van der Waals surface area contributed by atoms with E-state index in [0.717, 1.165) is 52.0 Å². The van der Waals surface area contributed by atoms with Crippen LogP contribution in [0.5, 0.6) is 0 Å². The summed E-state index contributed by atoms with van der Waals surface area (Å²) in [6.45, 7) is 8.99. The number of hydrogen-bond acceptors (Lipinski definition) is 8. The highest BCUT2D eigenvalue weighted by atomic mass is 32.1. The van der Waals surface area contributed by atoms with Crippen molar-refractivity contribution in [1.82, 2.24) is 19.9 Å². The number of hydrogen-bond donors (Lipinski definition) is 2. The molecule has 1 unspecified atom stereocenters. The number of aromatic nitrogens is 3. The third-order valence-corrected chi connectivity index (χ3v) is 6.13. The van der Waals surface area contributed by atoms with Crippen LogP contribution in [0.4, 0.5) is 21.6 Å². The van der Waals surface area contributed by atoms with Gasteiger partial charge in [0.05, 0.1) is 0 Å². The standard InChI is InChI=1S/C25H32N6O2S/c1-17-14-27-23(34-17)30-22-13-19(11-18-7-5-9-26-15-18)12-21(29-22)28-20-8-6-10-31(16-20)24(32)33-25(2,3)4/h5,7,9,12-15,20H,6,8,10-11,16H2,1-4H3,(H2,27,28,29,30). The number of carbonyl (C=O) groups is 1. The van der Waals surface area contributed by atoms with Gasteiger partial charge in [0.15, 0.2) is 5.13 Å². The molecular weight excluding hydrogens is 448 g/mol. The second kappa shape index (κ2) is 10.4. The van der Waals surface area contributed by atoms with Crippen LogP contribution in [0, 0.1) is 6.92 Å². The average Bonchev–Trinajstić information content (AvgIpc) is 3.18. The zero-order valence-corrected chi connectivity index (χ0v) is 21.0. The quantitative estimate of drug-likeness (QED) is 0.489. The lowest BCUT2D eigenvalue weighted by atomic mass is 10.1. The summed E-state index contributed by atoms with van der Waals surface area (Å²) in [7, 11) is 0. The number of aryl methyl sites for hydroxylation is 1. The second-order valence-corrected chi connectivity index (χ2v) is 10.8. The number of nitrogens with one attached hydrogen (secondary N) is 2. The summed E-state index contributed by atoms with van der Waals surface area (Å²) in [6.07, 6.45) is 7.85. The van der Waals surface area contributed by atoms with Gasteiger partial charge in [0.1, 0.15) is 17.2 Å². The monoisotopic (exact) mass is 480 g/mol. The van der Waals surface area contributed by atoms with Crippen molar-refractivity contribution >= 4 is 34.2 Å². The minimum Gasteiger partial charge on any atom is -0.444 e. The molecule has 1 aliphatic heterocycles. The van der Waals surface area contributed by atoms with Crippen molar-refractivity contribution in [3.05, 3.63) is 58.9 Å². The van der Waals surface area contributed by atoms with Gasteiger partial charge in [-0.05, 0) is 76.3 Å². The van der Waals surface area contributed by atoms with Gasteiger partial charge in [-0.15, -0.1) is 11.3 Å². The molecule has 1 atom stereocenters. The van der Waals surface area contributed by atoms with Crippen LogP contribution in [0.3, 0.4) is 0 Å². The van der Waals surface area contributed by atoms with E-state index in [1.807, 2.05) is 52.2 Å². The Balaban J connectivity index is 1.51. The van der Waals surface area contributed by atoms with Crippen molar-refractivity contribution in [3.8, 4) is 0 Å². The van der Waals surface area contributed by atoms with Crippen molar-refractivity contribution in [3.63, 3.8) is 0 Å². The molecule has 1 fully saturated rings. The Kier molecular flexibility index (Phi) is 7.31. The molecule has 4 heterocycles. The topological polar surface area (TPSA) is 92.3 Å². The Labute approximate surface area is 204 Å². The summed E-state index contributed by atoms with van der Waals surface area (Å²) in [4.78, 5) is 28.9. The van der Waals surface area contributed by atoms with E-state index in [1.165, 1.54) is 0 Å². The second-order valence-electron chi connectivity index (χ2n) is 9.59. The Morgan fingerprint density at radius 1 is 1.24 bits per heavy atom. The molecule has 1 saturated heterocycles. The summed E-state index contributed by atoms with van der Waals surface area (Å²) < 4.78 is 5.57. The fraction of sp³-hybridized carbons (Fsp3) is 0.440. The normalized spacial score (nSPS) is 16.2. The molecule has 0 spiro atoms. The fourth-order valence-electron chi connectivity index (χ4n) is 3.88. The fourth-order valence-corrected chi connectivity index (χ4v) is 4.56. The van der Waals surface area contributed by atoms with Gasteiger partial charge in [-0.1, -0.05) is 6.07 Å². The first kappa shape index (κ1) is 23.9. The summed E-state index contributed by atoms with van der Waals surface area (Å²) in [5.41, 5.74) is 1.74. The average molecular weight is 481 g/mol. The molecule has 0 radical (unpaired) electrons. The third-order valence-electron chi connectivity index (χ3n) is 5.30. The summed E-state index contributed by atoms with van der Waals surface area (Å²) in [5, 5.41) is 7.70. The van der Waals surface area contributed by atoms with E-state index >= 15 is 0 Å². The Hall–Kier alpha value is -3.20. The summed E-state index contributed by atoms with van der Waals surface area (Å²) in [5.74, 6) is 1.51. The van der Waals surface area contributed by atoms with Gasteiger partial charge in [0, 0.05) is 42.6 Å². The van der Waals surface area contributed by atoms with Crippen LogP contribution in [-0.4, -0.2) is 50.7 Å². The number of nitrogens with zero attached hydrogens (tertiary/aromatic N) is 4. The molecule has 0 aromatic carbocycles. The lowest BCUT2D eigenvalue weighted by Gasteiger charge is -2.34. The van der Waals surface area contributed by atoms with E-state index in [0.29, 0.717) is 13.1 Å². The van der Waals surface area contributed by atoms with E-state index in [9.17, 15) is 4.79 Å². The molecule has 2 N–H and O–H groups in total. The summed E-state index contributed by atoms with van der Waals surface area (Å²) >= 11 is 1.59. The number of anilines is 3. The minimum absolute atomic E-state index is 0.0948. The maximum atomic E-state index is 12.6. The predicted molar refractivity (Wildman–Crippen MR) is 136 cm³/mol. The Bertz CT molecular complexity index is 1110. The molecule has 0 saturated carbocycles. The Morgan fingerprint density at radius 3 is 2.76 bits per heavy atom. The first-order valence-electron chi connectivity index (χ1n) is 11.6. The van der Waals surface area contributed by atoms with Gasteiger partial charge < -0.3 is 20.3 Å². The molecule has 0 aliphatic carbocycles. The number of piperidine rings is 1. The number of likely N-dealkylation sites (tertiary alicyclic amines) is 1. The number of carbonyl (C=O) groups excluding carboxylic acids is 1. The molecule has 4 rings (SSSR count). The lowest BCUT2D eigenvalue weighted by molar-refractivity contribution is 0.0206. The molecule has 3 aromatic rings. The van der Waals surface area contributed by atoms with Crippen molar-refractivity contribution < 1.29 is 9.53 Å². The number of thiazole rings is 1. The van der Waals surface area contributed by atoms with Crippen LogP contribution in [0.25, 0.3) is 0 Å². The zero-order valence-electron chi connectivity index (χ0n) is 20.2. The predicted octanol–water partition coefficient (Wildman–Crippen LogP) is 5.39. The maximum Gasteiger partial charge on any atom is 0.410 e. The largest absolute Gasteiger partial charge is 0.444 e. The highest BCUT2D eigenvalue weighted by Crippen LogP contribution is 2.25. The van der Waals surface area contributed by atoms with Gasteiger partial charge in [0.2, 0.25) is 0 Å². The third kappa shape index (κ3) is 6.90. The van der Waals surface area contributed by atoms with Gasteiger partial charge in [-0.3, -0.25) is 4.98 Å². The molecule has 3 aromatic heterocycles. The van der Waals surface area contributed by atoms with Gasteiger partial charge in [-0.25, -0.2) is 14.8 Å². The smallest absolute Gasteiger partial charge is 0.410 e. The summed E-state index contributed by atoms with van der Waals surface area (Å²) in [6, 6.07) is 8.22. The van der Waals surface area contributed by atoms with Crippen molar-refractivity contribution in [2.45, 2.75) is 58.6 Å². The number of rotatable bonds is 6. The highest BCUT2D eigenvalue weighted by Gasteiger charge is 2.28. The molecule has 180 valence electrons. The molecule has 8 nitrogen and oxygen atoms in total. The van der Waals surface area contributed by atoms with Gasteiger partial charge in [0.25, 0.3) is 0 Å². The van der Waals surface area contributed by atoms with E-state index in [4.69, 9.17) is 9.72 Å². The molecule has 0 bridgehead atoms. The zero-order chi connectivity index (χ0) is 24.1. The van der Waals surface area contributed by atoms with Crippen molar-refractivity contribution in [2.24, 2.45) is 0 Å². The number of ether oxygens (including phenoxy) is 1. The van der Waals surface area contributed by atoms with Crippen molar-refractivity contribution in [2.75, 3.05) is 23.7 Å². The van der Waals surface area contributed by atoms with E-state index in [1.54, 1.807) is 22.4 Å². The molecular formula is C25H32N6O2S. The van der Waals surface area contributed by atoms with Crippen LogP contribution in [0.2, 0.25) is 0 Å². The number of amides is 1. The minimum atomic E-state index is -0.506. The molecule has 1 aliphatic rings. The van der Waals surface area contributed by atoms with Crippen LogP contribution in [-0.2, 0) is 11.2 Å². The first-order chi connectivity index (χ1) is 16.2. The maximum absolute atomic E-state index is 12.6. The highest BCUT2D eigenvalue weighted by molar-refractivity contribution is 7.15. The SMILES string of the molecule is Cc1cnc(Nc2cc(Cc3cccnc3)cc(NC3CCCN(C(=O)OC(C)(C)C)C3)n2)s1. The van der Waals surface area contributed by atoms with Gasteiger partial charge >= 0.3 is 6.09 Å². The molecule has 1 amide bonds. The van der Waals surface area contributed by atoms with Crippen LogP contribution in [0.1, 0.15) is 49.6 Å². The Morgan fingerprint density at radius 2 is 2.06 bits per heavy atom. The van der Waals surface area contributed by atoms with E-state index < -0.39 is 5.60 Å². The lowest BCUT2D eigenvalue weighted by Crippen LogP contribution is -2.47. The van der Waals surface area contributed by atoms with Crippen LogP contribution >= 0.6 is 11.3 Å². The van der Waals surface area contributed by atoms with E-state index in [2.05, 4.69) is 32.7 Å². The van der Waals surface area contributed by atoms with Crippen molar-refractivity contribution in [1.29, 1.82) is 0 Å². The van der Waals surface area contributed by atoms with Gasteiger partial charge in [-0.2, -0.15) is 0 Å². The van der Waals surface area contributed by atoms with E-state index in [-0.39, 0.29) is 12.1 Å².